The Morgan fingerprint density at radius 2 is 0.440 bits per heavy atom. The summed E-state index contributed by atoms with van der Waals surface area (Å²) in [6.07, 6.45) is 12.8. The van der Waals surface area contributed by atoms with Crippen LogP contribution in [0.1, 0.15) is 183 Å². The number of aromatic nitrogens is 10. The Morgan fingerprint density at radius 3 is 0.603 bits per heavy atom. The molecule has 0 bridgehead atoms. The van der Waals surface area contributed by atoms with Gasteiger partial charge in [-0.25, -0.2) is 29.7 Å². The lowest BCUT2D eigenvalue weighted by Gasteiger charge is -2.30. The standard InChI is InChI=1S/C77H121N23O16/c1-39(2)17-52(89-65(103)51(78)15-16-64(101)102)66(104)90-56(21-43(9)10)70(108)96-59(24-46-29-79-34-84-46)73(111)94-54(19-41(5)6)68(106)91-53(18-40(3)4)67(105)92-57(22-44(11)12)71(109)97-61(26-48-31-81-36-86-48)75(113)99-60(25-47-30-80-35-85-47)74(112)95-55(20-42(7)8)69(107)93-58(23-45(13)14)72(110)98-62(27-49-32-82-37-87-49)76(114)100-63(77(115)116)28-50-33-83-38-88-50/h29-45,51-63H,15-28,78H2,1-14H3,(H,79,84)(H,80,85)(H,81,86)(H,82,87)(H,83,88)(H,89,103)(H,90,104)(H,91,106)(H,92,105)(H,93,107)(H,94,111)(H,95,112)(H,96,108)(H,97,109)(H,98,110)(H,99,113)(H,100,114)(H,101,102)(H,115,116)/t51-,52-,53-,54-,55-,56-,57-,58-,59-,60-,61-,62-,63-/m0/s1. The van der Waals surface area contributed by atoms with Gasteiger partial charge in [0.15, 0.2) is 0 Å². The highest BCUT2D eigenvalue weighted by molar-refractivity contribution is 6.00. The monoisotopic (exact) mass is 1620 g/mol. The van der Waals surface area contributed by atoms with Crippen molar-refractivity contribution in [3.63, 3.8) is 0 Å². The van der Waals surface area contributed by atoms with Crippen molar-refractivity contribution in [1.82, 2.24) is 114 Å². The number of aromatic amines is 5. The number of imidazole rings is 5. The Kier molecular flexibility index (Phi) is 38.9. The van der Waals surface area contributed by atoms with Gasteiger partial charge in [-0.2, -0.15) is 0 Å². The van der Waals surface area contributed by atoms with Gasteiger partial charge in [0.05, 0.1) is 66.1 Å². The molecule has 640 valence electrons. The molecule has 5 heterocycles. The maximum Gasteiger partial charge on any atom is 0.326 e. The third-order valence-electron chi connectivity index (χ3n) is 18.4. The summed E-state index contributed by atoms with van der Waals surface area (Å²) in [6, 6.07) is -17.7. The largest absolute Gasteiger partial charge is 0.481 e. The molecule has 116 heavy (non-hydrogen) atoms. The summed E-state index contributed by atoms with van der Waals surface area (Å²) >= 11 is 0. The fourth-order valence-corrected chi connectivity index (χ4v) is 12.7. The minimum Gasteiger partial charge on any atom is -0.481 e. The normalized spacial score (nSPS) is 14.9. The Balaban J connectivity index is 1.38. The van der Waals surface area contributed by atoms with Crippen molar-refractivity contribution < 1.29 is 77.3 Å². The average Bonchev–Trinajstić information content (AvgIpc) is 0.976. The van der Waals surface area contributed by atoms with Gasteiger partial charge in [-0.15, -0.1) is 0 Å². The number of hydrogen-bond acceptors (Lipinski definition) is 20. The number of carboxylic acids is 2. The van der Waals surface area contributed by atoms with E-state index in [1.165, 1.54) is 62.6 Å². The maximum absolute atomic E-state index is 15.0. The molecule has 5 aromatic heterocycles. The van der Waals surface area contributed by atoms with E-state index in [0.717, 1.165) is 0 Å². The first-order valence-electron chi connectivity index (χ1n) is 39.5. The van der Waals surface area contributed by atoms with Gasteiger partial charge in [-0.1, -0.05) is 96.9 Å². The average molecular weight is 1620 g/mol. The minimum atomic E-state index is -1.51. The Bertz CT molecular complexity index is 3940. The van der Waals surface area contributed by atoms with Gasteiger partial charge in [0, 0.05) is 69.5 Å². The number of nitrogens with one attached hydrogen (secondary N) is 17. The van der Waals surface area contributed by atoms with Crippen molar-refractivity contribution >= 4 is 82.8 Å². The lowest BCUT2D eigenvalue weighted by Crippen LogP contribution is -2.61. The van der Waals surface area contributed by atoms with Crippen LogP contribution in [0.5, 0.6) is 0 Å². The third-order valence-corrected chi connectivity index (χ3v) is 18.4. The number of H-pyrrole nitrogens is 5. The third kappa shape index (κ3) is 34.0. The van der Waals surface area contributed by atoms with E-state index < -0.39 is 161 Å². The van der Waals surface area contributed by atoms with Crippen LogP contribution in [0.4, 0.5) is 0 Å². The zero-order valence-corrected chi connectivity index (χ0v) is 68.6. The van der Waals surface area contributed by atoms with Gasteiger partial charge in [0.25, 0.3) is 0 Å². The minimum absolute atomic E-state index is 0.00191. The molecular weight excluding hydrogens is 1500 g/mol. The fraction of sp³-hybridized carbons (Fsp3) is 0.623. The number of hydrogen-bond donors (Lipinski definition) is 20. The van der Waals surface area contributed by atoms with Gasteiger partial charge in [-0.3, -0.25) is 62.3 Å². The van der Waals surface area contributed by atoms with Gasteiger partial charge >= 0.3 is 11.9 Å². The fourth-order valence-electron chi connectivity index (χ4n) is 12.7. The van der Waals surface area contributed by atoms with Gasteiger partial charge < -0.3 is 105 Å². The number of amides is 12. The van der Waals surface area contributed by atoms with Gasteiger partial charge in [-0.05, 0) is 92.8 Å². The molecule has 21 N–H and O–H groups in total. The lowest BCUT2D eigenvalue weighted by atomic mass is 9.98. The van der Waals surface area contributed by atoms with E-state index in [0.29, 0.717) is 28.5 Å². The Labute approximate surface area is 674 Å². The SMILES string of the molecule is CC(C)C[C@H](NC(=O)[C@H](CC(C)C)NC(=O)[C@H](Cc1c[nH]cn1)NC(=O)[C@H](Cc1c[nH]cn1)NC(=O)[C@H](CC(C)C)NC(=O)[C@H](CC(C)C)NC(=O)[C@H](CC(C)C)NC(=O)[C@H](Cc1c[nH]cn1)NC(=O)[C@H](CC(C)C)NC(=O)[C@H](CC(C)C)NC(=O)[C@@H](N)CCC(=O)O)C(=O)N[C@@H](Cc1c[nH]cn1)C(=O)N[C@@H](Cc1c[nH]cn1)C(=O)O. The molecule has 0 aliphatic rings. The zero-order chi connectivity index (χ0) is 86.0. The molecule has 0 aliphatic carbocycles. The summed E-state index contributed by atoms with van der Waals surface area (Å²) in [5.41, 5.74) is 7.62. The molecule has 39 heteroatoms. The van der Waals surface area contributed by atoms with Crippen molar-refractivity contribution in [1.29, 1.82) is 0 Å². The van der Waals surface area contributed by atoms with Gasteiger partial charge in [0.1, 0.15) is 72.5 Å². The van der Waals surface area contributed by atoms with Crippen LogP contribution in [-0.2, 0) is 99.2 Å². The molecule has 0 spiro atoms. The summed E-state index contributed by atoms with van der Waals surface area (Å²) in [7, 11) is 0. The molecule has 0 fully saturated rings. The van der Waals surface area contributed by atoms with E-state index >= 15 is 4.79 Å². The summed E-state index contributed by atoms with van der Waals surface area (Å²) in [5, 5.41) is 52.0. The van der Waals surface area contributed by atoms with Crippen molar-refractivity contribution in [2.75, 3.05) is 0 Å². The van der Waals surface area contributed by atoms with Crippen LogP contribution < -0.4 is 69.5 Å². The summed E-state index contributed by atoms with van der Waals surface area (Å²) < 4.78 is 0. The number of carbonyl (C=O) groups excluding carboxylic acids is 12. The highest BCUT2D eigenvalue weighted by Gasteiger charge is 2.39. The smallest absolute Gasteiger partial charge is 0.326 e. The van der Waals surface area contributed by atoms with Crippen LogP contribution in [-0.4, -0.2) is 221 Å². The lowest BCUT2D eigenvalue weighted by molar-refractivity contribution is -0.142. The van der Waals surface area contributed by atoms with Crippen molar-refractivity contribution in [2.24, 2.45) is 47.2 Å². The van der Waals surface area contributed by atoms with E-state index in [2.05, 4.69) is 114 Å². The Hall–Kier alpha value is -11.4. The van der Waals surface area contributed by atoms with Crippen LogP contribution in [0.3, 0.4) is 0 Å². The molecule has 0 radical (unpaired) electrons. The highest BCUT2D eigenvalue weighted by atomic mass is 16.4. The predicted octanol–water partition coefficient (Wildman–Crippen LogP) is 0.232. The van der Waals surface area contributed by atoms with Crippen molar-refractivity contribution in [3.05, 3.63) is 91.1 Å². The molecule has 39 nitrogen and oxygen atoms in total. The van der Waals surface area contributed by atoms with Crippen LogP contribution in [0.15, 0.2) is 62.6 Å². The van der Waals surface area contributed by atoms with E-state index in [1.807, 2.05) is 27.7 Å². The number of carbonyl (C=O) groups is 14. The molecule has 0 saturated heterocycles. The predicted molar refractivity (Wildman–Crippen MR) is 423 cm³/mol. The zero-order valence-electron chi connectivity index (χ0n) is 68.6. The quantitative estimate of drug-likeness (QED) is 0.0248. The second kappa shape index (κ2) is 47.4. The summed E-state index contributed by atoms with van der Waals surface area (Å²) in [6.45, 7) is 25.2. The summed E-state index contributed by atoms with van der Waals surface area (Å²) in [5.74, 6) is -14.0. The first kappa shape index (κ1) is 95.2. The van der Waals surface area contributed by atoms with Crippen molar-refractivity contribution in [3.8, 4) is 0 Å². The molecular formula is C77H121N23O16. The number of carboxylic acid groups (broad SMARTS) is 2. The van der Waals surface area contributed by atoms with E-state index in [9.17, 15) is 67.4 Å². The Morgan fingerprint density at radius 1 is 0.276 bits per heavy atom. The van der Waals surface area contributed by atoms with Crippen LogP contribution in [0.25, 0.3) is 0 Å². The van der Waals surface area contributed by atoms with E-state index in [4.69, 9.17) is 10.8 Å². The molecule has 12 amide bonds. The molecule has 5 rings (SSSR count). The maximum atomic E-state index is 15.0. The molecule has 5 aromatic rings. The molecule has 0 aromatic carbocycles. The summed E-state index contributed by atoms with van der Waals surface area (Å²) in [4.78, 5) is 233. The number of nitrogens with two attached hydrogens (primary N) is 1. The van der Waals surface area contributed by atoms with Crippen molar-refractivity contribution in [2.45, 2.75) is 265 Å². The first-order valence-corrected chi connectivity index (χ1v) is 39.5. The van der Waals surface area contributed by atoms with Crippen LogP contribution in [0.2, 0.25) is 0 Å². The number of nitrogens with zero attached hydrogens (tertiary/aromatic N) is 5. The van der Waals surface area contributed by atoms with Crippen LogP contribution >= 0.6 is 0 Å². The molecule has 0 aliphatic heterocycles. The number of rotatable bonds is 52. The van der Waals surface area contributed by atoms with E-state index in [-0.39, 0.29) is 131 Å². The first-order chi connectivity index (χ1) is 54.7. The number of aliphatic carboxylic acids is 2. The second-order valence-electron chi connectivity index (χ2n) is 32.3. The van der Waals surface area contributed by atoms with E-state index in [1.54, 1.807) is 69.2 Å². The molecule has 0 saturated carbocycles. The highest BCUT2D eigenvalue weighted by Crippen LogP contribution is 2.18. The second-order valence-corrected chi connectivity index (χ2v) is 32.3. The molecule has 0 unspecified atom stereocenters. The topological polar surface area (TPSA) is 593 Å². The van der Waals surface area contributed by atoms with Crippen LogP contribution in [0, 0.1) is 41.4 Å². The van der Waals surface area contributed by atoms with Gasteiger partial charge in [0.2, 0.25) is 70.9 Å². The molecule has 13 atom stereocenters.